The maximum Gasteiger partial charge on any atom is 0.0788 e. The highest BCUT2D eigenvalue weighted by Crippen LogP contribution is 2.06. The lowest BCUT2D eigenvalue weighted by atomic mass is 10.2. The van der Waals surface area contributed by atoms with Crippen molar-refractivity contribution in [3.05, 3.63) is 18.0 Å². The lowest BCUT2D eigenvalue weighted by Gasteiger charge is -2.04. The maximum atomic E-state index is 5.68. The van der Waals surface area contributed by atoms with Crippen LogP contribution in [0.25, 0.3) is 0 Å². The minimum absolute atomic E-state index is 0.0402. The molecule has 0 saturated heterocycles. The van der Waals surface area contributed by atoms with E-state index in [2.05, 4.69) is 18.9 Å². The van der Waals surface area contributed by atoms with Crippen LogP contribution in [0.15, 0.2) is 12.3 Å². The molecule has 1 rings (SSSR count). The van der Waals surface area contributed by atoms with Gasteiger partial charge in [0.25, 0.3) is 0 Å². The summed E-state index contributed by atoms with van der Waals surface area (Å²) in [4.78, 5) is 0. The van der Waals surface area contributed by atoms with Crippen molar-refractivity contribution < 1.29 is 0 Å². The third-order valence-corrected chi connectivity index (χ3v) is 1.68. The van der Waals surface area contributed by atoms with E-state index in [4.69, 9.17) is 5.73 Å². The lowest BCUT2D eigenvalue weighted by molar-refractivity contribution is 0.477. The summed E-state index contributed by atoms with van der Waals surface area (Å²) in [6.07, 6.45) is 1.98. The second kappa shape index (κ2) is 3.72. The zero-order valence-corrected chi connectivity index (χ0v) is 7.99. The number of rotatable bonds is 3. The van der Waals surface area contributed by atoms with Gasteiger partial charge < -0.3 is 5.73 Å². The van der Waals surface area contributed by atoms with Crippen LogP contribution in [0.1, 0.15) is 32.5 Å². The summed E-state index contributed by atoms with van der Waals surface area (Å²) < 4.78 is 1.95. The van der Waals surface area contributed by atoms with Crippen LogP contribution >= 0.6 is 0 Å². The molecule has 0 aromatic carbocycles. The minimum atomic E-state index is 0.0402. The molecule has 1 aromatic heterocycles. The summed E-state index contributed by atoms with van der Waals surface area (Å²) in [5.74, 6) is 0.630. The van der Waals surface area contributed by atoms with Crippen LogP contribution in [-0.2, 0) is 6.54 Å². The fourth-order valence-electron chi connectivity index (χ4n) is 1.10. The van der Waals surface area contributed by atoms with Crippen molar-refractivity contribution in [1.82, 2.24) is 9.78 Å². The molecule has 0 aliphatic carbocycles. The van der Waals surface area contributed by atoms with Crippen molar-refractivity contribution >= 4 is 0 Å². The predicted molar refractivity (Wildman–Crippen MR) is 49.7 cm³/mol. The van der Waals surface area contributed by atoms with Crippen molar-refractivity contribution in [2.75, 3.05) is 0 Å². The standard InChI is InChI=1S/C9H17N3/c1-7(2)6-12-5-4-9(11-12)8(3)10/h4-5,7-8H,6,10H2,1-3H3/t8-/m0/s1. The van der Waals surface area contributed by atoms with Gasteiger partial charge in [-0.1, -0.05) is 13.8 Å². The van der Waals surface area contributed by atoms with Gasteiger partial charge in [0.15, 0.2) is 0 Å². The lowest BCUT2D eigenvalue weighted by Crippen LogP contribution is -2.09. The van der Waals surface area contributed by atoms with Gasteiger partial charge in [0, 0.05) is 18.8 Å². The van der Waals surface area contributed by atoms with E-state index in [1.54, 1.807) is 0 Å². The summed E-state index contributed by atoms with van der Waals surface area (Å²) in [6.45, 7) is 7.26. The van der Waals surface area contributed by atoms with E-state index in [0.29, 0.717) is 5.92 Å². The normalized spacial score (nSPS) is 13.8. The molecule has 0 aliphatic heterocycles. The minimum Gasteiger partial charge on any atom is -0.323 e. The molecular weight excluding hydrogens is 150 g/mol. The van der Waals surface area contributed by atoms with Crippen molar-refractivity contribution in [2.24, 2.45) is 11.7 Å². The van der Waals surface area contributed by atoms with Crippen molar-refractivity contribution in [3.8, 4) is 0 Å². The Bertz CT molecular complexity index is 238. The average molecular weight is 167 g/mol. The summed E-state index contributed by atoms with van der Waals surface area (Å²) in [6, 6.07) is 2.02. The highest BCUT2D eigenvalue weighted by atomic mass is 15.3. The van der Waals surface area contributed by atoms with E-state index in [0.717, 1.165) is 12.2 Å². The molecule has 68 valence electrons. The van der Waals surface area contributed by atoms with Crippen molar-refractivity contribution in [1.29, 1.82) is 0 Å². The quantitative estimate of drug-likeness (QED) is 0.742. The third-order valence-electron chi connectivity index (χ3n) is 1.68. The number of hydrogen-bond donors (Lipinski definition) is 1. The largest absolute Gasteiger partial charge is 0.323 e. The monoisotopic (exact) mass is 167 g/mol. The summed E-state index contributed by atoms with van der Waals surface area (Å²) in [5.41, 5.74) is 6.65. The molecule has 0 amide bonds. The number of nitrogens with two attached hydrogens (primary N) is 1. The van der Waals surface area contributed by atoms with Crippen LogP contribution in [-0.4, -0.2) is 9.78 Å². The average Bonchev–Trinajstić information content (AvgIpc) is 2.34. The second-order valence-electron chi connectivity index (χ2n) is 3.65. The Kier molecular flexibility index (Phi) is 2.87. The highest BCUT2D eigenvalue weighted by Gasteiger charge is 2.03. The molecule has 1 heterocycles. The molecule has 3 heteroatoms. The van der Waals surface area contributed by atoms with E-state index >= 15 is 0 Å². The zero-order valence-electron chi connectivity index (χ0n) is 7.99. The summed E-state index contributed by atoms with van der Waals surface area (Å²) >= 11 is 0. The first-order valence-corrected chi connectivity index (χ1v) is 4.38. The van der Waals surface area contributed by atoms with Gasteiger partial charge in [-0.05, 0) is 18.9 Å². The summed E-state index contributed by atoms with van der Waals surface area (Å²) in [7, 11) is 0. The van der Waals surface area contributed by atoms with Crippen LogP contribution in [0.2, 0.25) is 0 Å². The Hall–Kier alpha value is -0.830. The van der Waals surface area contributed by atoms with Crippen molar-refractivity contribution in [2.45, 2.75) is 33.4 Å². The predicted octanol–water partition coefficient (Wildman–Crippen LogP) is 1.56. The van der Waals surface area contributed by atoms with E-state index < -0.39 is 0 Å². The SMILES string of the molecule is CC(C)Cn1ccc([C@H](C)N)n1. The Morgan fingerprint density at radius 2 is 2.17 bits per heavy atom. The molecule has 12 heavy (non-hydrogen) atoms. The van der Waals surface area contributed by atoms with E-state index in [1.165, 1.54) is 0 Å². The Labute approximate surface area is 73.6 Å². The fraction of sp³-hybridized carbons (Fsp3) is 0.667. The molecule has 0 bridgehead atoms. The molecule has 0 radical (unpaired) electrons. The number of aromatic nitrogens is 2. The van der Waals surface area contributed by atoms with E-state index in [-0.39, 0.29) is 6.04 Å². The van der Waals surface area contributed by atoms with Gasteiger partial charge in [-0.3, -0.25) is 4.68 Å². The van der Waals surface area contributed by atoms with Crippen LogP contribution in [0, 0.1) is 5.92 Å². The molecule has 0 saturated carbocycles. The summed E-state index contributed by atoms with van der Waals surface area (Å²) in [5, 5.41) is 4.34. The zero-order chi connectivity index (χ0) is 9.14. The maximum absolute atomic E-state index is 5.68. The molecule has 2 N–H and O–H groups in total. The topological polar surface area (TPSA) is 43.8 Å². The van der Waals surface area contributed by atoms with Gasteiger partial charge in [-0.2, -0.15) is 5.10 Å². The number of nitrogens with zero attached hydrogens (tertiary/aromatic N) is 2. The van der Waals surface area contributed by atoms with Gasteiger partial charge in [-0.25, -0.2) is 0 Å². The van der Waals surface area contributed by atoms with Crippen LogP contribution < -0.4 is 5.73 Å². The van der Waals surface area contributed by atoms with Gasteiger partial charge in [0.2, 0.25) is 0 Å². The first-order chi connectivity index (χ1) is 5.59. The molecule has 3 nitrogen and oxygen atoms in total. The Morgan fingerprint density at radius 3 is 2.58 bits per heavy atom. The van der Waals surface area contributed by atoms with Crippen molar-refractivity contribution in [3.63, 3.8) is 0 Å². The van der Waals surface area contributed by atoms with E-state index in [1.807, 2.05) is 23.9 Å². The van der Waals surface area contributed by atoms with Crippen LogP contribution in [0.3, 0.4) is 0 Å². The smallest absolute Gasteiger partial charge is 0.0788 e. The van der Waals surface area contributed by atoms with Gasteiger partial charge >= 0.3 is 0 Å². The molecule has 1 atom stereocenters. The van der Waals surface area contributed by atoms with Gasteiger partial charge in [-0.15, -0.1) is 0 Å². The Balaban J connectivity index is 2.64. The molecule has 0 fully saturated rings. The molecular formula is C9H17N3. The Morgan fingerprint density at radius 1 is 1.50 bits per heavy atom. The van der Waals surface area contributed by atoms with E-state index in [9.17, 15) is 0 Å². The first kappa shape index (κ1) is 9.26. The fourth-order valence-corrected chi connectivity index (χ4v) is 1.10. The van der Waals surface area contributed by atoms with Gasteiger partial charge in [0.1, 0.15) is 0 Å². The van der Waals surface area contributed by atoms with Crippen LogP contribution in [0.5, 0.6) is 0 Å². The third kappa shape index (κ3) is 2.34. The molecule has 1 aromatic rings. The first-order valence-electron chi connectivity index (χ1n) is 4.38. The second-order valence-corrected chi connectivity index (χ2v) is 3.65. The molecule has 0 aliphatic rings. The number of hydrogen-bond acceptors (Lipinski definition) is 2. The van der Waals surface area contributed by atoms with Gasteiger partial charge in [0.05, 0.1) is 5.69 Å². The van der Waals surface area contributed by atoms with Crippen LogP contribution in [0.4, 0.5) is 0 Å². The molecule has 0 spiro atoms. The molecule has 0 unspecified atom stereocenters. The highest BCUT2D eigenvalue weighted by molar-refractivity contribution is 5.03.